The van der Waals surface area contributed by atoms with Crippen LogP contribution in [0.3, 0.4) is 0 Å². The molecule has 1 unspecified atom stereocenters. The lowest BCUT2D eigenvalue weighted by Gasteiger charge is -2.39. The number of rotatable bonds is 6. The maximum atomic E-state index is 13.3. The Morgan fingerprint density at radius 1 is 1.05 bits per heavy atom. The van der Waals surface area contributed by atoms with E-state index < -0.39 is 46.7 Å². The molecule has 2 atom stereocenters. The largest absolute Gasteiger partial charge is 0.423 e. The first-order valence-corrected chi connectivity index (χ1v) is 12.4. The Labute approximate surface area is 223 Å². The van der Waals surface area contributed by atoms with Crippen LogP contribution in [0.4, 0.5) is 38.0 Å². The monoisotopic (exact) mass is 576 g/mol. The number of H-pyrrole nitrogens is 1. The summed E-state index contributed by atoms with van der Waals surface area (Å²) in [6.07, 6.45) is -6.80. The van der Waals surface area contributed by atoms with Gasteiger partial charge in [-0.05, 0) is 13.3 Å². The van der Waals surface area contributed by atoms with E-state index in [0.29, 0.717) is 31.9 Å². The van der Waals surface area contributed by atoms with Crippen LogP contribution in [0.1, 0.15) is 30.9 Å². The molecule has 2 aliphatic rings. The average Bonchev–Trinajstić information content (AvgIpc) is 2.88. The zero-order chi connectivity index (χ0) is 29.2. The van der Waals surface area contributed by atoms with Gasteiger partial charge in [0.15, 0.2) is 0 Å². The fourth-order valence-electron chi connectivity index (χ4n) is 4.74. The number of nitrogens with zero attached hydrogens (tertiary/aromatic N) is 6. The predicted molar refractivity (Wildman–Crippen MR) is 128 cm³/mol. The maximum Gasteiger partial charge on any atom is 0.423 e. The molecule has 2 amide bonds. The lowest BCUT2D eigenvalue weighted by molar-refractivity contribution is -0.144. The minimum atomic E-state index is -4.92. The van der Waals surface area contributed by atoms with E-state index in [2.05, 4.69) is 20.4 Å². The molecule has 2 aromatic heterocycles. The molecule has 2 aromatic rings. The first kappa shape index (κ1) is 29.1. The molecule has 40 heavy (non-hydrogen) atoms. The van der Waals surface area contributed by atoms with Gasteiger partial charge in [-0.25, -0.2) is 15.1 Å². The van der Waals surface area contributed by atoms with Crippen molar-refractivity contribution in [2.75, 3.05) is 49.5 Å². The minimum absolute atomic E-state index is 0.00819. The molecule has 0 spiro atoms. The van der Waals surface area contributed by atoms with E-state index in [-0.39, 0.29) is 50.4 Å². The first-order chi connectivity index (χ1) is 18.7. The van der Waals surface area contributed by atoms with E-state index >= 15 is 0 Å². The van der Waals surface area contributed by atoms with Crippen molar-refractivity contribution in [2.24, 2.45) is 5.92 Å². The number of anilines is 2. The van der Waals surface area contributed by atoms with Crippen LogP contribution in [-0.2, 0) is 21.9 Å². The van der Waals surface area contributed by atoms with Gasteiger partial charge in [-0.1, -0.05) is 0 Å². The standard InChI is InChI=1S/C23H26F6N8O3/c1-13(33-16-10-32-34-19(39)18(16)23(27,28)29)11-37-12-14(2-3-17(37)38)20(40)35-4-6-36(7-5-35)21-30-8-15(9-31-21)22(24,25)26/h8-10,13-14H,2-7,11-12H2,1H3,(H2,33,34,39)/t13-,14?/m0/s1. The Morgan fingerprint density at radius 3 is 2.30 bits per heavy atom. The number of hydrogen-bond donors (Lipinski definition) is 2. The zero-order valence-electron chi connectivity index (χ0n) is 21.2. The normalized spacial score (nSPS) is 19.5. The van der Waals surface area contributed by atoms with Crippen LogP contribution >= 0.6 is 0 Å². The highest BCUT2D eigenvalue weighted by Gasteiger charge is 2.39. The summed E-state index contributed by atoms with van der Waals surface area (Å²) in [6.45, 7) is 2.78. The number of carbonyl (C=O) groups is 2. The quantitative estimate of drug-likeness (QED) is 0.500. The Morgan fingerprint density at radius 2 is 1.70 bits per heavy atom. The highest BCUT2D eigenvalue weighted by Crippen LogP contribution is 2.32. The molecule has 2 aliphatic heterocycles. The number of halogens is 6. The van der Waals surface area contributed by atoms with Crippen LogP contribution in [0.25, 0.3) is 0 Å². The highest BCUT2D eigenvalue weighted by atomic mass is 19.4. The van der Waals surface area contributed by atoms with Gasteiger partial charge in [0.2, 0.25) is 17.8 Å². The second kappa shape index (κ2) is 11.3. The van der Waals surface area contributed by atoms with Crippen molar-refractivity contribution in [1.82, 2.24) is 30.0 Å². The predicted octanol–water partition coefficient (Wildman–Crippen LogP) is 1.99. The molecule has 0 aromatic carbocycles. The van der Waals surface area contributed by atoms with Gasteiger partial charge in [0.05, 0.1) is 23.4 Å². The number of alkyl halides is 6. The second-order valence-corrected chi connectivity index (χ2v) is 9.65. The van der Waals surface area contributed by atoms with Crippen molar-refractivity contribution >= 4 is 23.5 Å². The summed E-state index contributed by atoms with van der Waals surface area (Å²) in [5, 5.41) is 7.76. The molecule has 218 valence electrons. The average molecular weight is 577 g/mol. The molecule has 0 aliphatic carbocycles. The summed E-state index contributed by atoms with van der Waals surface area (Å²) in [5.41, 5.74) is -4.29. The molecule has 0 radical (unpaired) electrons. The molecular formula is C23H26F6N8O3. The van der Waals surface area contributed by atoms with Crippen molar-refractivity contribution < 1.29 is 35.9 Å². The van der Waals surface area contributed by atoms with Crippen LogP contribution in [0, 0.1) is 5.92 Å². The summed E-state index contributed by atoms with van der Waals surface area (Å²) < 4.78 is 78.2. The van der Waals surface area contributed by atoms with Gasteiger partial charge < -0.3 is 20.0 Å². The Hall–Kier alpha value is -3.92. The van der Waals surface area contributed by atoms with E-state index in [1.165, 1.54) is 4.90 Å². The van der Waals surface area contributed by atoms with Crippen molar-refractivity contribution in [2.45, 2.75) is 38.2 Å². The Bertz CT molecular complexity index is 1280. The smallest absolute Gasteiger partial charge is 0.379 e. The van der Waals surface area contributed by atoms with E-state index in [1.807, 2.05) is 0 Å². The highest BCUT2D eigenvalue weighted by molar-refractivity contribution is 5.84. The maximum absolute atomic E-state index is 13.3. The number of amides is 2. The van der Waals surface area contributed by atoms with Crippen molar-refractivity contribution in [3.63, 3.8) is 0 Å². The third-order valence-corrected chi connectivity index (χ3v) is 6.72. The second-order valence-electron chi connectivity index (χ2n) is 9.65. The van der Waals surface area contributed by atoms with Gasteiger partial charge in [0.1, 0.15) is 5.56 Å². The molecule has 0 bridgehead atoms. The molecule has 2 saturated heterocycles. The summed E-state index contributed by atoms with van der Waals surface area (Å²) >= 11 is 0. The molecule has 11 nitrogen and oxygen atoms in total. The fraction of sp³-hybridized carbons (Fsp3) is 0.565. The Kier molecular flexibility index (Phi) is 8.20. The molecule has 2 N–H and O–H groups in total. The van der Waals surface area contributed by atoms with Gasteiger partial charge in [0, 0.05) is 64.1 Å². The van der Waals surface area contributed by atoms with E-state index in [1.54, 1.807) is 21.8 Å². The fourth-order valence-corrected chi connectivity index (χ4v) is 4.74. The van der Waals surface area contributed by atoms with Crippen molar-refractivity contribution in [1.29, 1.82) is 0 Å². The van der Waals surface area contributed by atoms with Crippen LogP contribution < -0.4 is 15.8 Å². The van der Waals surface area contributed by atoms with Crippen LogP contribution in [0.15, 0.2) is 23.4 Å². The molecule has 2 fully saturated rings. The van der Waals surface area contributed by atoms with Crippen LogP contribution in [-0.4, -0.2) is 87.1 Å². The molecular weight excluding hydrogens is 550 g/mol. The molecule has 4 heterocycles. The van der Waals surface area contributed by atoms with Gasteiger partial charge in [-0.3, -0.25) is 14.4 Å². The third kappa shape index (κ3) is 6.62. The van der Waals surface area contributed by atoms with Crippen molar-refractivity contribution in [3.8, 4) is 0 Å². The van der Waals surface area contributed by atoms with E-state index in [0.717, 1.165) is 6.20 Å². The third-order valence-electron chi connectivity index (χ3n) is 6.72. The minimum Gasteiger partial charge on any atom is -0.379 e. The topological polar surface area (TPSA) is 127 Å². The van der Waals surface area contributed by atoms with Crippen LogP contribution in [0.5, 0.6) is 0 Å². The summed E-state index contributed by atoms with van der Waals surface area (Å²) in [7, 11) is 0. The zero-order valence-corrected chi connectivity index (χ0v) is 21.2. The first-order valence-electron chi connectivity index (χ1n) is 12.4. The van der Waals surface area contributed by atoms with Crippen molar-refractivity contribution in [3.05, 3.63) is 40.1 Å². The summed E-state index contributed by atoms with van der Waals surface area (Å²) in [4.78, 5) is 49.7. The van der Waals surface area contributed by atoms with Gasteiger partial charge in [-0.15, -0.1) is 0 Å². The number of piperidine rings is 1. The number of nitrogens with one attached hydrogen (secondary N) is 2. The van der Waals surface area contributed by atoms with Gasteiger partial charge >= 0.3 is 12.4 Å². The number of piperazine rings is 1. The van der Waals surface area contributed by atoms with E-state index in [9.17, 15) is 40.7 Å². The molecule has 0 saturated carbocycles. The lowest BCUT2D eigenvalue weighted by Crippen LogP contribution is -2.54. The number of aromatic amines is 1. The summed E-state index contributed by atoms with van der Waals surface area (Å²) in [6, 6.07) is -0.699. The number of carbonyl (C=O) groups excluding carboxylic acids is 2. The Balaban J connectivity index is 1.33. The lowest BCUT2D eigenvalue weighted by atomic mass is 9.95. The summed E-state index contributed by atoms with van der Waals surface area (Å²) in [5.74, 6) is -0.836. The molecule has 4 rings (SSSR count). The van der Waals surface area contributed by atoms with E-state index in [4.69, 9.17) is 0 Å². The molecule has 17 heteroatoms. The number of likely N-dealkylation sites (tertiary alicyclic amines) is 1. The van der Waals surface area contributed by atoms with Crippen LogP contribution in [0.2, 0.25) is 0 Å². The SMILES string of the molecule is C[C@@H](CN1CC(C(=O)N2CCN(c3ncc(C(F)(F)F)cn3)CC2)CCC1=O)Nc1cn[nH]c(=O)c1C(F)(F)F. The van der Waals surface area contributed by atoms with Gasteiger partial charge in [0.25, 0.3) is 5.56 Å². The number of hydrogen-bond acceptors (Lipinski definition) is 8. The number of aromatic nitrogens is 4. The van der Waals surface area contributed by atoms with Gasteiger partial charge in [-0.2, -0.15) is 31.4 Å².